The van der Waals surface area contributed by atoms with Crippen LogP contribution in [0.3, 0.4) is 0 Å². The lowest BCUT2D eigenvalue weighted by molar-refractivity contribution is -0.139. The lowest BCUT2D eigenvalue weighted by Gasteiger charge is -2.09. The first-order valence-corrected chi connectivity index (χ1v) is 9.06. The number of hydrogen-bond donors (Lipinski definition) is 2. The molecule has 0 aliphatic rings. The van der Waals surface area contributed by atoms with Crippen molar-refractivity contribution < 1.29 is 31.9 Å². The van der Waals surface area contributed by atoms with E-state index in [9.17, 15) is 22.4 Å². The molecule has 27 heavy (non-hydrogen) atoms. The van der Waals surface area contributed by atoms with E-state index in [4.69, 9.17) is 4.74 Å². The molecule has 2 aromatic carbocycles. The zero-order valence-electron chi connectivity index (χ0n) is 14.5. The highest BCUT2D eigenvalue weighted by Crippen LogP contribution is 2.19. The van der Waals surface area contributed by atoms with Crippen LogP contribution < -0.4 is 14.8 Å². The summed E-state index contributed by atoms with van der Waals surface area (Å²) in [4.78, 5) is 23.1. The number of hydrogen-bond acceptors (Lipinski definition) is 6. The number of amides is 1. The van der Waals surface area contributed by atoms with Gasteiger partial charge in [0.15, 0.2) is 11.6 Å². The summed E-state index contributed by atoms with van der Waals surface area (Å²) in [6, 6.07) is 8.99. The van der Waals surface area contributed by atoms with Crippen LogP contribution >= 0.6 is 0 Å². The van der Waals surface area contributed by atoms with Gasteiger partial charge in [0.25, 0.3) is 5.91 Å². The number of rotatable bonds is 7. The fourth-order valence-corrected chi connectivity index (χ4v) is 3.01. The van der Waals surface area contributed by atoms with E-state index in [1.165, 1.54) is 43.5 Å². The summed E-state index contributed by atoms with van der Waals surface area (Å²) in [5.74, 6) is -1.96. The number of halogens is 1. The normalized spacial score (nSPS) is 10.9. The van der Waals surface area contributed by atoms with Gasteiger partial charge in [-0.2, -0.15) is 4.72 Å². The van der Waals surface area contributed by atoms with Crippen LogP contribution in [0.15, 0.2) is 47.4 Å². The summed E-state index contributed by atoms with van der Waals surface area (Å²) in [5.41, 5.74) is 0.382. The SMILES string of the molecule is COC(=O)CNS(=O)(=O)c1ccc(NC(=O)c2ccc(OC)c(F)c2)cc1. The van der Waals surface area contributed by atoms with E-state index in [1.54, 1.807) is 0 Å². The highest BCUT2D eigenvalue weighted by Gasteiger charge is 2.16. The Morgan fingerprint density at radius 2 is 1.74 bits per heavy atom. The van der Waals surface area contributed by atoms with Gasteiger partial charge in [0.1, 0.15) is 6.54 Å². The Labute approximate surface area is 155 Å². The molecule has 0 aliphatic heterocycles. The first-order chi connectivity index (χ1) is 12.8. The number of ether oxygens (including phenoxy) is 2. The van der Waals surface area contributed by atoms with Gasteiger partial charge >= 0.3 is 5.97 Å². The molecule has 144 valence electrons. The van der Waals surface area contributed by atoms with Gasteiger partial charge < -0.3 is 14.8 Å². The lowest BCUT2D eigenvalue weighted by Crippen LogP contribution is -2.30. The highest BCUT2D eigenvalue weighted by atomic mass is 32.2. The van der Waals surface area contributed by atoms with Crippen LogP contribution in [0.25, 0.3) is 0 Å². The van der Waals surface area contributed by atoms with Crippen LogP contribution in [0.5, 0.6) is 5.75 Å². The van der Waals surface area contributed by atoms with E-state index in [2.05, 4.69) is 14.8 Å². The first kappa shape index (κ1) is 20.3. The fraction of sp³-hybridized carbons (Fsp3) is 0.176. The van der Waals surface area contributed by atoms with Crippen molar-refractivity contribution in [3.8, 4) is 5.75 Å². The van der Waals surface area contributed by atoms with E-state index in [1.807, 2.05) is 0 Å². The predicted octanol–water partition coefficient (Wildman–Crippen LogP) is 1.54. The minimum Gasteiger partial charge on any atom is -0.494 e. The maximum absolute atomic E-state index is 13.7. The second-order valence-corrected chi connectivity index (χ2v) is 7.00. The molecule has 0 bridgehead atoms. The van der Waals surface area contributed by atoms with E-state index in [0.29, 0.717) is 5.69 Å². The van der Waals surface area contributed by atoms with Crippen molar-refractivity contribution >= 4 is 27.6 Å². The highest BCUT2D eigenvalue weighted by molar-refractivity contribution is 7.89. The van der Waals surface area contributed by atoms with E-state index >= 15 is 0 Å². The molecule has 0 heterocycles. The predicted molar refractivity (Wildman–Crippen MR) is 94.6 cm³/mol. The molecule has 2 rings (SSSR count). The number of sulfonamides is 1. The summed E-state index contributed by atoms with van der Waals surface area (Å²) in [5, 5.41) is 2.53. The molecule has 0 saturated carbocycles. The second-order valence-electron chi connectivity index (χ2n) is 5.23. The molecule has 0 fully saturated rings. The zero-order valence-corrected chi connectivity index (χ0v) is 15.3. The number of esters is 1. The van der Waals surface area contributed by atoms with Crippen molar-refractivity contribution in [1.82, 2.24) is 4.72 Å². The summed E-state index contributed by atoms with van der Waals surface area (Å²) in [6.07, 6.45) is 0. The summed E-state index contributed by atoms with van der Waals surface area (Å²) < 4.78 is 49.0. The molecule has 8 nitrogen and oxygen atoms in total. The molecule has 0 radical (unpaired) electrons. The third-order valence-electron chi connectivity index (χ3n) is 3.47. The summed E-state index contributed by atoms with van der Waals surface area (Å²) in [7, 11) is -1.45. The molecule has 0 aromatic heterocycles. The van der Waals surface area contributed by atoms with Crippen LogP contribution in [0.4, 0.5) is 10.1 Å². The second kappa shape index (κ2) is 8.60. The number of nitrogens with one attached hydrogen (secondary N) is 2. The van der Waals surface area contributed by atoms with Crippen LogP contribution in [0.1, 0.15) is 10.4 Å². The van der Waals surface area contributed by atoms with Crippen molar-refractivity contribution in [2.75, 3.05) is 26.1 Å². The van der Waals surface area contributed by atoms with Gasteiger partial charge in [0.05, 0.1) is 19.1 Å². The minimum atomic E-state index is -3.90. The molecule has 0 atom stereocenters. The van der Waals surface area contributed by atoms with Crippen LogP contribution in [0.2, 0.25) is 0 Å². The average molecular weight is 396 g/mol. The number of benzene rings is 2. The van der Waals surface area contributed by atoms with Crippen molar-refractivity contribution in [2.24, 2.45) is 0 Å². The Morgan fingerprint density at radius 3 is 2.30 bits per heavy atom. The molecule has 0 aliphatic carbocycles. The van der Waals surface area contributed by atoms with Crippen LogP contribution in [-0.4, -0.2) is 41.1 Å². The van der Waals surface area contributed by atoms with Crippen molar-refractivity contribution in [2.45, 2.75) is 4.90 Å². The van der Waals surface area contributed by atoms with E-state index in [-0.39, 0.29) is 16.2 Å². The Balaban J connectivity index is 2.08. The third kappa shape index (κ3) is 5.25. The Kier molecular flexibility index (Phi) is 6.48. The molecule has 10 heteroatoms. The third-order valence-corrected chi connectivity index (χ3v) is 4.89. The van der Waals surface area contributed by atoms with Crippen molar-refractivity contribution in [3.63, 3.8) is 0 Å². The topological polar surface area (TPSA) is 111 Å². The quantitative estimate of drug-likeness (QED) is 0.687. The van der Waals surface area contributed by atoms with Gasteiger partial charge in [-0.3, -0.25) is 9.59 Å². The van der Waals surface area contributed by atoms with Gasteiger partial charge in [-0.25, -0.2) is 12.8 Å². The monoisotopic (exact) mass is 396 g/mol. The van der Waals surface area contributed by atoms with Gasteiger partial charge in [0.2, 0.25) is 10.0 Å². The summed E-state index contributed by atoms with van der Waals surface area (Å²) >= 11 is 0. The number of carbonyl (C=O) groups is 2. The van der Waals surface area contributed by atoms with Gasteiger partial charge in [-0.1, -0.05) is 0 Å². The molecule has 2 aromatic rings. The maximum atomic E-state index is 13.7. The Bertz CT molecular complexity index is 944. The average Bonchev–Trinajstić information content (AvgIpc) is 2.66. The molecular weight excluding hydrogens is 379 g/mol. The standard InChI is InChI=1S/C17H17FN2O6S/c1-25-15-8-3-11(9-14(15)18)17(22)20-12-4-6-13(7-5-12)27(23,24)19-10-16(21)26-2/h3-9,19H,10H2,1-2H3,(H,20,22). The lowest BCUT2D eigenvalue weighted by atomic mass is 10.2. The number of carbonyl (C=O) groups excluding carboxylic acids is 2. The van der Waals surface area contributed by atoms with Gasteiger partial charge in [0, 0.05) is 11.3 Å². The smallest absolute Gasteiger partial charge is 0.320 e. The van der Waals surface area contributed by atoms with Gasteiger partial charge in [-0.15, -0.1) is 0 Å². The molecule has 0 spiro atoms. The fourth-order valence-electron chi connectivity index (χ4n) is 2.04. The summed E-state index contributed by atoms with van der Waals surface area (Å²) in [6.45, 7) is -0.500. The zero-order chi connectivity index (χ0) is 20.0. The first-order valence-electron chi connectivity index (χ1n) is 7.58. The van der Waals surface area contributed by atoms with Crippen molar-refractivity contribution in [1.29, 1.82) is 0 Å². The molecule has 1 amide bonds. The van der Waals surface area contributed by atoms with Crippen molar-refractivity contribution in [3.05, 3.63) is 53.8 Å². The Morgan fingerprint density at radius 1 is 1.07 bits per heavy atom. The number of anilines is 1. The molecule has 0 saturated heterocycles. The molecular formula is C17H17FN2O6S. The molecule has 0 unspecified atom stereocenters. The largest absolute Gasteiger partial charge is 0.494 e. The number of methoxy groups -OCH3 is 2. The molecule has 2 N–H and O–H groups in total. The van der Waals surface area contributed by atoms with Gasteiger partial charge in [-0.05, 0) is 42.5 Å². The maximum Gasteiger partial charge on any atom is 0.320 e. The van der Waals surface area contributed by atoms with Crippen LogP contribution in [-0.2, 0) is 19.6 Å². The van der Waals surface area contributed by atoms with E-state index < -0.39 is 34.3 Å². The van der Waals surface area contributed by atoms with Crippen LogP contribution in [0, 0.1) is 5.82 Å². The Hall–Kier alpha value is -2.98. The minimum absolute atomic E-state index is 0.0144. The van der Waals surface area contributed by atoms with E-state index in [0.717, 1.165) is 13.2 Å².